The van der Waals surface area contributed by atoms with Crippen LogP contribution in [0.25, 0.3) is 10.9 Å². The number of halogens is 2. The third-order valence-corrected chi connectivity index (χ3v) is 6.51. The van der Waals surface area contributed by atoms with Crippen LogP contribution in [0.1, 0.15) is 19.3 Å². The molecule has 1 unspecified atom stereocenters. The van der Waals surface area contributed by atoms with E-state index in [-0.39, 0.29) is 17.0 Å². The molecule has 1 saturated carbocycles. The van der Waals surface area contributed by atoms with Gasteiger partial charge in [0.15, 0.2) is 11.5 Å². The zero-order chi connectivity index (χ0) is 24.4. The van der Waals surface area contributed by atoms with Gasteiger partial charge < -0.3 is 19.5 Å². The summed E-state index contributed by atoms with van der Waals surface area (Å²) in [5.41, 5.74) is 1.28. The fourth-order valence-corrected chi connectivity index (χ4v) is 4.04. The molecule has 2 aliphatic rings. The number of nitrogens with one attached hydrogen (secondary N) is 1. The zero-order valence-electron chi connectivity index (χ0n) is 19.3. The highest BCUT2D eigenvalue weighted by Crippen LogP contribution is 2.37. The first kappa shape index (κ1) is 23.6. The van der Waals surface area contributed by atoms with E-state index in [0.717, 1.165) is 18.2 Å². The SMILES string of the molecule is CN(CCOc1cc2ncnc(Nc3ccc(F)c(Cl)c3)c2cc1OCC1CC1)C1COC(=O)C1. The predicted octanol–water partition coefficient (Wildman–Crippen LogP) is 4.58. The summed E-state index contributed by atoms with van der Waals surface area (Å²) in [6.45, 7) is 2.07. The topological polar surface area (TPSA) is 85.8 Å². The van der Waals surface area contributed by atoms with Crippen LogP contribution in [-0.2, 0) is 9.53 Å². The van der Waals surface area contributed by atoms with Crippen LogP contribution in [0, 0.1) is 11.7 Å². The van der Waals surface area contributed by atoms with E-state index in [1.807, 2.05) is 19.2 Å². The number of hydrogen-bond donors (Lipinski definition) is 1. The maximum Gasteiger partial charge on any atom is 0.307 e. The molecule has 1 saturated heterocycles. The fraction of sp³-hybridized carbons (Fsp3) is 0.400. The molecule has 0 amide bonds. The highest BCUT2D eigenvalue weighted by Gasteiger charge is 2.27. The first-order chi connectivity index (χ1) is 17.0. The van der Waals surface area contributed by atoms with E-state index in [2.05, 4.69) is 20.2 Å². The number of aromatic nitrogens is 2. The summed E-state index contributed by atoms with van der Waals surface area (Å²) in [6.07, 6.45) is 4.18. The van der Waals surface area contributed by atoms with Crippen molar-refractivity contribution in [2.24, 2.45) is 5.92 Å². The Balaban J connectivity index is 1.36. The molecule has 1 N–H and O–H groups in total. The lowest BCUT2D eigenvalue weighted by Crippen LogP contribution is -2.35. The van der Waals surface area contributed by atoms with Crippen molar-refractivity contribution >= 4 is 40.0 Å². The number of ether oxygens (including phenoxy) is 3. The van der Waals surface area contributed by atoms with Gasteiger partial charge in [0.25, 0.3) is 0 Å². The Morgan fingerprint density at radius 2 is 2.03 bits per heavy atom. The van der Waals surface area contributed by atoms with Gasteiger partial charge in [-0.05, 0) is 50.1 Å². The number of nitrogens with zero attached hydrogens (tertiary/aromatic N) is 3. The molecule has 1 aliphatic carbocycles. The normalized spacial score (nSPS) is 17.6. The van der Waals surface area contributed by atoms with Gasteiger partial charge in [0.1, 0.15) is 31.2 Å². The Kier molecular flexibility index (Phi) is 6.88. The van der Waals surface area contributed by atoms with Crippen molar-refractivity contribution in [1.82, 2.24) is 14.9 Å². The van der Waals surface area contributed by atoms with Gasteiger partial charge >= 0.3 is 5.97 Å². The van der Waals surface area contributed by atoms with Gasteiger partial charge in [-0.15, -0.1) is 0 Å². The van der Waals surface area contributed by atoms with Crippen molar-refractivity contribution in [2.75, 3.05) is 38.7 Å². The molecule has 0 radical (unpaired) electrons. The second-order valence-corrected chi connectivity index (χ2v) is 9.32. The van der Waals surface area contributed by atoms with Gasteiger partial charge in [0, 0.05) is 23.7 Å². The van der Waals surface area contributed by atoms with Crippen LogP contribution in [0.2, 0.25) is 5.02 Å². The Bertz CT molecular complexity index is 1240. The molecule has 35 heavy (non-hydrogen) atoms. The molecule has 5 rings (SSSR count). The summed E-state index contributed by atoms with van der Waals surface area (Å²) in [5, 5.41) is 3.95. The van der Waals surface area contributed by atoms with E-state index in [1.54, 1.807) is 6.07 Å². The van der Waals surface area contributed by atoms with E-state index in [0.29, 0.717) is 67.2 Å². The molecule has 10 heteroatoms. The summed E-state index contributed by atoms with van der Waals surface area (Å²) in [4.78, 5) is 22.2. The maximum absolute atomic E-state index is 13.6. The summed E-state index contributed by atoms with van der Waals surface area (Å²) in [6, 6.07) is 8.17. The van der Waals surface area contributed by atoms with E-state index in [1.165, 1.54) is 18.5 Å². The predicted molar refractivity (Wildman–Crippen MR) is 130 cm³/mol. The molecule has 8 nitrogen and oxygen atoms in total. The van der Waals surface area contributed by atoms with Gasteiger partial charge in [-0.3, -0.25) is 9.69 Å². The highest BCUT2D eigenvalue weighted by atomic mass is 35.5. The minimum absolute atomic E-state index is 0.0241. The molecule has 1 aliphatic heterocycles. The molecule has 184 valence electrons. The largest absolute Gasteiger partial charge is 0.489 e. The number of anilines is 2. The number of esters is 1. The van der Waals surface area contributed by atoms with Gasteiger partial charge in [0.05, 0.1) is 29.6 Å². The number of likely N-dealkylation sites (N-methyl/N-ethyl adjacent to an activating group) is 1. The van der Waals surface area contributed by atoms with Crippen molar-refractivity contribution in [3.8, 4) is 11.5 Å². The third kappa shape index (κ3) is 5.74. The standard InChI is InChI=1S/C25H26ClFN4O4/c1-31(17-9-24(32)35-13-17)6-7-33-23-11-21-18(10-22(23)34-12-15-2-3-15)25(29-14-28-21)30-16-4-5-20(27)19(26)8-16/h4-5,8,10-11,14-15,17H,2-3,6-7,9,12-13H2,1H3,(H,28,29,30). The maximum atomic E-state index is 13.6. The lowest BCUT2D eigenvalue weighted by atomic mass is 10.2. The number of carbonyl (C=O) groups is 1. The zero-order valence-corrected chi connectivity index (χ0v) is 20.1. The van der Waals surface area contributed by atoms with Crippen LogP contribution in [0.5, 0.6) is 11.5 Å². The number of carbonyl (C=O) groups excluding carboxylic acids is 1. The lowest BCUT2D eigenvalue weighted by Gasteiger charge is -2.22. The molecule has 1 aromatic heterocycles. The number of hydrogen-bond acceptors (Lipinski definition) is 8. The van der Waals surface area contributed by atoms with Gasteiger partial charge in [0.2, 0.25) is 0 Å². The number of cyclic esters (lactones) is 1. The van der Waals surface area contributed by atoms with Crippen molar-refractivity contribution in [3.05, 3.63) is 47.5 Å². The molecule has 2 heterocycles. The second kappa shape index (κ2) is 10.2. The number of fused-ring (bicyclic) bond motifs is 1. The number of rotatable bonds is 10. The van der Waals surface area contributed by atoms with Crippen LogP contribution in [0.4, 0.5) is 15.9 Å². The molecule has 0 bridgehead atoms. The number of benzene rings is 2. The second-order valence-electron chi connectivity index (χ2n) is 8.92. The highest BCUT2D eigenvalue weighted by molar-refractivity contribution is 6.31. The van der Waals surface area contributed by atoms with Crippen LogP contribution >= 0.6 is 11.6 Å². The third-order valence-electron chi connectivity index (χ3n) is 6.22. The van der Waals surface area contributed by atoms with Gasteiger partial charge in [-0.2, -0.15) is 0 Å². The van der Waals surface area contributed by atoms with Crippen molar-refractivity contribution in [2.45, 2.75) is 25.3 Å². The Labute approximate surface area is 207 Å². The van der Waals surface area contributed by atoms with Crippen LogP contribution in [0.15, 0.2) is 36.7 Å². The summed E-state index contributed by atoms with van der Waals surface area (Å²) >= 11 is 5.93. The molecule has 2 aromatic carbocycles. The summed E-state index contributed by atoms with van der Waals surface area (Å²) in [5.74, 6) is 1.67. The lowest BCUT2D eigenvalue weighted by molar-refractivity contribution is -0.137. The molecule has 0 spiro atoms. The minimum Gasteiger partial charge on any atom is -0.489 e. The smallest absolute Gasteiger partial charge is 0.307 e. The molecule has 3 aromatic rings. The Morgan fingerprint density at radius 3 is 2.77 bits per heavy atom. The van der Waals surface area contributed by atoms with Crippen molar-refractivity contribution in [1.29, 1.82) is 0 Å². The van der Waals surface area contributed by atoms with E-state index in [4.69, 9.17) is 25.8 Å². The van der Waals surface area contributed by atoms with E-state index < -0.39 is 5.82 Å². The van der Waals surface area contributed by atoms with Crippen molar-refractivity contribution < 1.29 is 23.4 Å². The van der Waals surface area contributed by atoms with Gasteiger partial charge in [-0.1, -0.05) is 11.6 Å². The van der Waals surface area contributed by atoms with E-state index in [9.17, 15) is 9.18 Å². The quantitative estimate of drug-likeness (QED) is 0.405. The van der Waals surface area contributed by atoms with E-state index >= 15 is 0 Å². The molecular weight excluding hydrogens is 475 g/mol. The monoisotopic (exact) mass is 500 g/mol. The van der Waals surface area contributed by atoms with Crippen LogP contribution < -0.4 is 14.8 Å². The molecular formula is C25H26ClFN4O4. The molecule has 1 atom stereocenters. The first-order valence-corrected chi connectivity index (χ1v) is 12.0. The minimum atomic E-state index is -0.486. The Morgan fingerprint density at radius 1 is 1.20 bits per heavy atom. The van der Waals surface area contributed by atoms with Crippen LogP contribution in [-0.4, -0.2) is 60.3 Å². The fourth-order valence-electron chi connectivity index (χ4n) is 3.86. The van der Waals surface area contributed by atoms with Gasteiger partial charge in [-0.25, -0.2) is 14.4 Å². The average molecular weight is 501 g/mol. The van der Waals surface area contributed by atoms with Crippen LogP contribution in [0.3, 0.4) is 0 Å². The summed E-state index contributed by atoms with van der Waals surface area (Å²) in [7, 11) is 1.95. The Hall–Kier alpha value is -3.17. The first-order valence-electron chi connectivity index (χ1n) is 11.6. The summed E-state index contributed by atoms with van der Waals surface area (Å²) < 4.78 is 30.9. The average Bonchev–Trinajstić information content (AvgIpc) is 3.58. The molecule has 2 fully saturated rings. The van der Waals surface area contributed by atoms with Crippen molar-refractivity contribution in [3.63, 3.8) is 0 Å².